The average molecular weight is 538 g/mol. The Labute approximate surface area is 223 Å². The molecule has 0 bridgehead atoms. The second kappa shape index (κ2) is 9.81. The molecule has 1 saturated heterocycles. The second-order valence-electron chi connectivity index (χ2n) is 10.5. The number of carbonyl (C=O) groups is 1. The van der Waals surface area contributed by atoms with E-state index in [2.05, 4.69) is 26.9 Å². The van der Waals surface area contributed by atoms with Gasteiger partial charge in [0.2, 0.25) is 0 Å². The lowest BCUT2D eigenvalue weighted by molar-refractivity contribution is 0.0145. The average Bonchev–Trinajstić information content (AvgIpc) is 3.54. The summed E-state index contributed by atoms with van der Waals surface area (Å²) in [7, 11) is 3.23. The van der Waals surface area contributed by atoms with Gasteiger partial charge in [-0.3, -0.25) is 4.68 Å². The number of imidazole rings is 1. The smallest absolute Gasteiger partial charge is 0.410 e. The van der Waals surface area contributed by atoms with E-state index in [1.54, 1.807) is 36.0 Å². The molecule has 1 aromatic carbocycles. The minimum atomic E-state index is -0.848. The number of carbonyl (C=O) groups excluding carboxylic acids is 1. The lowest BCUT2D eigenvalue weighted by Gasteiger charge is -2.28. The summed E-state index contributed by atoms with van der Waals surface area (Å²) < 4.78 is 44.2. The molecule has 3 aromatic heterocycles. The third-order valence-corrected chi connectivity index (χ3v) is 6.59. The third kappa shape index (κ3) is 4.85. The number of pyridine rings is 1. The van der Waals surface area contributed by atoms with E-state index in [9.17, 15) is 9.18 Å². The van der Waals surface area contributed by atoms with Crippen molar-refractivity contribution in [1.29, 1.82) is 0 Å². The SMILES string of the molecule is COC[C@H]1C[C@H](n2nc(C#Cc3c(F)cc4c(ncn4C)c3F)c3c(N)nccc32)CN1C(=O)OC(C)(C)C. The van der Waals surface area contributed by atoms with Gasteiger partial charge in [0, 0.05) is 33.0 Å². The van der Waals surface area contributed by atoms with Gasteiger partial charge in [0.25, 0.3) is 0 Å². The number of methoxy groups -OCH3 is 1. The zero-order valence-electron chi connectivity index (χ0n) is 22.3. The van der Waals surface area contributed by atoms with E-state index in [0.717, 1.165) is 0 Å². The molecule has 12 heteroatoms. The van der Waals surface area contributed by atoms with Crippen LogP contribution < -0.4 is 5.73 Å². The molecule has 0 aliphatic carbocycles. The van der Waals surface area contributed by atoms with E-state index in [1.165, 1.54) is 17.0 Å². The standard InChI is InChI=1S/C27H29F2N7O3/c1-27(2,3)39-26(37)35-12-15(10-16(35)13-38-5)36-20-8-9-31-25(30)22(20)19(33-36)7-6-17-18(28)11-21-24(23(17)29)32-14-34(21)4/h8-9,11,14-16H,10,12-13H2,1-5H3,(H2,30,31)/t15-,16+/m0/s1. The van der Waals surface area contributed by atoms with Gasteiger partial charge in [0.15, 0.2) is 5.82 Å². The molecular weight excluding hydrogens is 508 g/mol. The Morgan fingerprint density at radius 3 is 2.72 bits per heavy atom. The fourth-order valence-electron chi connectivity index (χ4n) is 4.87. The lowest BCUT2D eigenvalue weighted by atomic mass is 10.1. The summed E-state index contributed by atoms with van der Waals surface area (Å²) in [6.07, 6.45) is 3.05. The first-order valence-electron chi connectivity index (χ1n) is 12.4. The van der Waals surface area contributed by atoms with Gasteiger partial charge in [-0.25, -0.2) is 23.5 Å². The highest BCUT2D eigenvalue weighted by Crippen LogP contribution is 2.33. The van der Waals surface area contributed by atoms with Crippen LogP contribution in [0, 0.1) is 23.5 Å². The summed E-state index contributed by atoms with van der Waals surface area (Å²) >= 11 is 0. The molecule has 1 fully saturated rings. The number of fused-ring (bicyclic) bond motifs is 2. The van der Waals surface area contributed by atoms with Gasteiger partial charge < -0.3 is 24.7 Å². The van der Waals surface area contributed by atoms with Crippen molar-refractivity contribution in [1.82, 2.24) is 29.2 Å². The molecule has 2 atom stereocenters. The Hall–Kier alpha value is -4.24. The molecule has 0 spiro atoms. The molecule has 39 heavy (non-hydrogen) atoms. The normalized spacial score (nSPS) is 17.6. The van der Waals surface area contributed by atoms with Crippen LogP contribution in [0.1, 0.15) is 44.5 Å². The number of anilines is 1. The summed E-state index contributed by atoms with van der Waals surface area (Å²) in [6.45, 7) is 6.06. The highest BCUT2D eigenvalue weighted by molar-refractivity contribution is 5.93. The number of hydrogen-bond donors (Lipinski definition) is 1. The molecule has 1 amide bonds. The molecule has 0 saturated carbocycles. The lowest BCUT2D eigenvalue weighted by Crippen LogP contribution is -2.41. The Morgan fingerprint density at radius 1 is 1.23 bits per heavy atom. The number of nitrogens with two attached hydrogens (primary N) is 1. The van der Waals surface area contributed by atoms with E-state index in [1.807, 2.05) is 20.8 Å². The summed E-state index contributed by atoms with van der Waals surface area (Å²) in [5.74, 6) is 3.91. The number of likely N-dealkylation sites (tertiary alicyclic amines) is 1. The first-order valence-corrected chi connectivity index (χ1v) is 12.4. The van der Waals surface area contributed by atoms with Crippen molar-refractivity contribution < 1.29 is 23.0 Å². The van der Waals surface area contributed by atoms with E-state index in [-0.39, 0.29) is 29.1 Å². The highest BCUT2D eigenvalue weighted by atomic mass is 19.1. The molecule has 2 N–H and O–H groups in total. The van der Waals surface area contributed by atoms with Crippen LogP contribution in [0.2, 0.25) is 0 Å². The molecular formula is C27H29F2N7O3. The maximum atomic E-state index is 15.1. The number of halogens is 2. The van der Waals surface area contributed by atoms with Crippen molar-refractivity contribution in [3.05, 3.63) is 47.5 Å². The largest absolute Gasteiger partial charge is 0.444 e. The molecule has 1 aliphatic rings. The molecule has 4 aromatic rings. The van der Waals surface area contributed by atoms with Crippen molar-refractivity contribution in [3.63, 3.8) is 0 Å². The number of benzene rings is 1. The summed E-state index contributed by atoms with van der Waals surface area (Å²) in [6, 6.07) is 2.45. The van der Waals surface area contributed by atoms with Gasteiger partial charge in [-0.2, -0.15) is 5.10 Å². The van der Waals surface area contributed by atoms with Crippen LogP contribution in [0.3, 0.4) is 0 Å². The molecule has 5 rings (SSSR count). The van der Waals surface area contributed by atoms with E-state index in [0.29, 0.717) is 36.0 Å². The summed E-state index contributed by atoms with van der Waals surface area (Å²) in [5.41, 5.74) is 6.33. The Balaban J connectivity index is 1.55. The van der Waals surface area contributed by atoms with Crippen LogP contribution in [0.4, 0.5) is 19.4 Å². The number of ether oxygens (including phenoxy) is 2. The molecule has 204 valence electrons. The predicted octanol–water partition coefficient (Wildman–Crippen LogP) is 3.78. The van der Waals surface area contributed by atoms with Crippen molar-refractivity contribution in [2.75, 3.05) is 26.0 Å². The van der Waals surface area contributed by atoms with Gasteiger partial charge in [0.05, 0.1) is 47.0 Å². The number of aromatic nitrogens is 5. The summed E-state index contributed by atoms with van der Waals surface area (Å²) in [4.78, 5) is 22.8. The van der Waals surface area contributed by atoms with Crippen LogP contribution in [-0.4, -0.2) is 67.2 Å². The number of nitrogens with zero attached hydrogens (tertiary/aromatic N) is 6. The van der Waals surface area contributed by atoms with Crippen LogP contribution in [0.5, 0.6) is 0 Å². The first-order chi connectivity index (χ1) is 18.5. The maximum Gasteiger partial charge on any atom is 0.410 e. The number of aryl methyl sites for hydroxylation is 1. The van der Waals surface area contributed by atoms with Crippen LogP contribution in [-0.2, 0) is 16.5 Å². The zero-order chi connectivity index (χ0) is 28.1. The molecule has 0 unspecified atom stereocenters. The number of amides is 1. The van der Waals surface area contributed by atoms with E-state index in [4.69, 9.17) is 15.2 Å². The van der Waals surface area contributed by atoms with Gasteiger partial charge in [-0.05, 0) is 39.2 Å². The fraction of sp³-hybridized carbons (Fsp3) is 0.407. The fourth-order valence-corrected chi connectivity index (χ4v) is 4.87. The van der Waals surface area contributed by atoms with Crippen molar-refractivity contribution in [2.24, 2.45) is 7.05 Å². The monoisotopic (exact) mass is 537 g/mol. The van der Waals surface area contributed by atoms with Crippen LogP contribution in [0.25, 0.3) is 21.9 Å². The highest BCUT2D eigenvalue weighted by Gasteiger charge is 2.39. The minimum absolute atomic E-state index is 0.0251. The Kier molecular flexibility index (Phi) is 6.64. The minimum Gasteiger partial charge on any atom is -0.444 e. The van der Waals surface area contributed by atoms with Crippen LogP contribution in [0.15, 0.2) is 24.7 Å². The first kappa shape index (κ1) is 26.4. The Morgan fingerprint density at radius 2 is 2.00 bits per heavy atom. The van der Waals surface area contributed by atoms with Gasteiger partial charge in [-0.1, -0.05) is 5.92 Å². The van der Waals surface area contributed by atoms with Gasteiger partial charge in [-0.15, -0.1) is 0 Å². The predicted molar refractivity (Wildman–Crippen MR) is 141 cm³/mol. The van der Waals surface area contributed by atoms with Crippen molar-refractivity contribution >= 4 is 33.8 Å². The molecule has 0 radical (unpaired) electrons. The number of nitrogen functional groups attached to an aromatic ring is 1. The van der Waals surface area contributed by atoms with Crippen LogP contribution >= 0.6 is 0 Å². The van der Waals surface area contributed by atoms with E-state index < -0.39 is 28.9 Å². The molecule has 10 nitrogen and oxygen atoms in total. The maximum absolute atomic E-state index is 15.1. The number of hydrogen-bond acceptors (Lipinski definition) is 7. The number of rotatable bonds is 3. The molecule has 4 heterocycles. The summed E-state index contributed by atoms with van der Waals surface area (Å²) in [5, 5.41) is 5.14. The van der Waals surface area contributed by atoms with Crippen molar-refractivity contribution in [3.8, 4) is 11.8 Å². The van der Waals surface area contributed by atoms with Crippen molar-refractivity contribution in [2.45, 2.75) is 44.9 Å². The van der Waals surface area contributed by atoms with Gasteiger partial charge >= 0.3 is 6.09 Å². The van der Waals surface area contributed by atoms with E-state index >= 15 is 4.39 Å². The van der Waals surface area contributed by atoms with Gasteiger partial charge in [0.1, 0.15) is 28.4 Å². The second-order valence-corrected chi connectivity index (χ2v) is 10.5. The zero-order valence-corrected chi connectivity index (χ0v) is 22.3. The molecule has 1 aliphatic heterocycles. The Bertz CT molecular complexity index is 1640. The quantitative estimate of drug-likeness (QED) is 0.396. The topological polar surface area (TPSA) is 113 Å². The third-order valence-electron chi connectivity index (χ3n) is 6.59.